The third-order valence-corrected chi connectivity index (χ3v) is 3.25. The number of ether oxygens (including phenoxy) is 1. The van der Waals surface area contributed by atoms with Gasteiger partial charge in [-0.15, -0.1) is 11.6 Å². The average molecular weight is 281 g/mol. The minimum absolute atomic E-state index is 0.417. The SMILES string of the molecule is Cc1ccc(Oc2ccc(C)cc2CCl)c(Cl)c1. The minimum atomic E-state index is 0.417. The van der Waals surface area contributed by atoms with Gasteiger partial charge >= 0.3 is 0 Å². The fraction of sp³-hybridized carbons (Fsp3) is 0.200. The quantitative estimate of drug-likeness (QED) is 0.676. The van der Waals surface area contributed by atoms with Crippen LogP contribution in [0.15, 0.2) is 36.4 Å². The molecule has 1 nitrogen and oxygen atoms in total. The van der Waals surface area contributed by atoms with Gasteiger partial charge in [0.05, 0.1) is 10.9 Å². The third-order valence-electron chi connectivity index (χ3n) is 2.67. The molecule has 0 spiro atoms. The Hall–Kier alpha value is -1.18. The van der Waals surface area contributed by atoms with Crippen molar-refractivity contribution >= 4 is 23.2 Å². The first-order chi connectivity index (χ1) is 8.60. The molecule has 0 unspecified atom stereocenters. The molecule has 0 aromatic heterocycles. The first-order valence-electron chi connectivity index (χ1n) is 5.69. The van der Waals surface area contributed by atoms with Gasteiger partial charge in [0.1, 0.15) is 11.5 Å². The van der Waals surface area contributed by atoms with Crippen molar-refractivity contribution in [2.45, 2.75) is 19.7 Å². The molecule has 0 aliphatic carbocycles. The van der Waals surface area contributed by atoms with Crippen LogP contribution in [0.3, 0.4) is 0 Å². The van der Waals surface area contributed by atoms with Crippen molar-refractivity contribution < 1.29 is 4.74 Å². The molecular formula is C15H14Cl2O. The van der Waals surface area contributed by atoms with Crippen molar-refractivity contribution in [1.29, 1.82) is 0 Å². The molecule has 0 aliphatic heterocycles. The zero-order valence-corrected chi connectivity index (χ0v) is 11.8. The highest BCUT2D eigenvalue weighted by Gasteiger charge is 2.07. The van der Waals surface area contributed by atoms with Crippen molar-refractivity contribution in [3.8, 4) is 11.5 Å². The summed E-state index contributed by atoms with van der Waals surface area (Å²) in [5.74, 6) is 1.82. The zero-order valence-electron chi connectivity index (χ0n) is 10.3. The van der Waals surface area contributed by atoms with E-state index in [0.29, 0.717) is 16.7 Å². The lowest BCUT2D eigenvalue weighted by Crippen LogP contribution is -1.91. The van der Waals surface area contributed by atoms with Crippen LogP contribution in [-0.2, 0) is 5.88 Å². The Balaban J connectivity index is 2.33. The Bertz CT molecular complexity index is 564. The smallest absolute Gasteiger partial charge is 0.146 e. The largest absolute Gasteiger partial charge is 0.455 e. The Labute approximate surface area is 117 Å². The van der Waals surface area contributed by atoms with E-state index in [1.165, 1.54) is 0 Å². The standard InChI is InChI=1S/C15H14Cl2O/c1-10-3-5-14(12(7-10)9-16)18-15-6-4-11(2)8-13(15)17/h3-8H,9H2,1-2H3. The molecule has 2 aromatic carbocycles. The normalized spacial score (nSPS) is 10.4. The molecule has 2 rings (SSSR count). The lowest BCUT2D eigenvalue weighted by atomic mass is 10.1. The highest BCUT2D eigenvalue weighted by Crippen LogP contribution is 2.32. The van der Waals surface area contributed by atoms with E-state index in [1.807, 2.05) is 50.2 Å². The Morgan fingerprint density at radius 3 is 2.17 bits per heavy atom. The summed E-state index contributed by atoms with van der Waals surface area (Å²) in [4.78, 5) is 0. The molecular weight excluding hydrogens is 267 g/mol. The molecule has 0 atom stereocenters. The first kappa shape index (κ1) is 13.3. The van der Waals surface area contributed by atoms with Gasteiger partial charge in [-0.05, 0) is 37.6 Å². The second-order valence-electron chi connectivity index (χ2n) is 4.28. The summed E-state index contributed by atoms with van der Waals surface area (Å²) in [5, 5.41) is 0.607. The van der Waals surface area contributed by atoms with Crippen molar-refractivity contribution in [3.05, 3.63) is 58.1 Å². The summed E-state index contributed by atoms with van der Waals surface area (Å²) < 4.78 is 5.82. The molecule has 3 heteroatoms. The summed E-state index contributed by atoms with van der Waals surface area (Å²) in [5.41, 5.74) is 3.23. The van der Waals surface area contributed by atoms with Gasteiger partial charge in [-0.2, -0.15) is 0 Å². The van der Waals surface area contributed by atoms with Crippen LogP contribution in [0.1, 0.15) is 16.7 Å². The fourth-order valence-electron chi connectivity index (χ4n) is 1.72. The maximum absolute atomic E-state index is 6.15. The van der Waals surface area contributed by atoms with Crippen LogP contribution in [0, 0.1) is 13.8 Å². The number of halogens is 2. The van der Waals surface area contributed by atoms with E-state index in [2.05, 4.69) is 0 Å². The topological polar surface area (TPSA) is 9.23 Å². The van der Waals surface area contributed by atoms with Crippen molar-refractivity contribution in [3.63, 3.8) is 0 Å². The van der Waals surface area contributed by atoms with Gasteiger partial charge < -0.3 is 4.74 Å². The van der Waals surface area contributed by atoms with Gasteiger partial charge in [-0.25, -0.2) is 0 Å². The molecule has 18 heavy (non-hydrogen) atoms. The average Bonchev–Trinajstić information content (AvgIpc) is 2.34. The van der Waals surface area contributed by atoms with Crippen molar-refractivity contribution in [2.24, 2.45) is 0 Å². The maximum atomic E-state index is 6.15. The predicted octanol–water partition coefficient (Wildman–Crippen LogP) is 5.49. The lowest BCUT2D eigenvalue weighted by molar-refractivity contribution is 0.478. The Morgan fingerprint density at radius 1 is 0.944 bits per heavy atom. The predicted molar refractivity (Wildman–Crippen MR) is 77.0 cm³/mol. The van der Waals surface area contributed by atoms with Crippen LogP contribution >= 0.6 is 23.2 Å². The summed E-state index contributed by atoms with van der Waals surface area (Å²) >= 11 is 12.1. The lowest BCUT2D eigenvalue weighted by Gasteiger charge is -2.12. The van der Waals surface area contributed by atoms with Crippen LogP contribution in [0.4, 0.5) is 0 Å². The van der Waals surface area contributed by atoms with Gasteiger partial charge in [0.15, 0.2) is 0 Å². The monoisotopic (exact) mass is 280 g/mol. The number of alkyl halides is 1. The van der Waals surface area contributed by atoms with Gasteiger partial charge in [0.25, 0.3) is 0 Å². The van der Waals surface area contributed by atoms with E-state index < -0.39 is 0 Å². The molecule has 0 N–H and O–H groups in total. The van der Waals surface area contributed by atoms with E-state index >= 15 is 0 Å². The molecule has 0 fully saturated rings. The Kier molecular flexibility index (Phi) is 4.15. The molecule has 0 bridgehead atoms. The van der Waals surface area contributed by atoms with Crippen LogP contribution < -0.4 is 4.74 Å². The van der Waals surface area contributed by atoms with E-state index in [1.54, 1.807) is 0 Å². The molecule has 0 aliphatic rings. The summed E-state index contributed by atoms with van der Waals surface area (Å²) in [6.07, 6.45) is 0. The third kappa shape index (κ3) is 2.98. The number of aryl methyl sites for hydroxylation is 2. The second kappa shape index (κ2) is 5.64. The molecule has 0 saturated carbocycles. The minimum Gasteiger partial charge on any atom is -0.455 e. The van der Waals surface area contributed by atoms with E-state index in [-0.39, 0.29) is 0 Å². The molecule has 2 aromatic rings. The molecule has 0 heterocycles. The second-order valence-corrected chi connectivity index (χ2v) is 4.96. The van der Waals surface area contributed by atoms with Crippen LogP contribution in [0.2, 0.25) is 5.02 Å². The summed E-state index contributed by atoms with van der Waals surface area (Å²) in [6, 6.07) is 11.7. The Morgan fingerprint density at radius 2 is 1.56 bits per heavy atom. The fourth-order valence-corrected chi connectivity index (χ4v) is 2.20. The summed E-state index contributed by atoms with van der Waals surface area (Å²) in [7, 11) is 0. The van der Waals surface area contributed by atoms with Crippen molar-refractivity contribution in [2.75, 3.05) is 0 Å². The number of rotatable bonds is 3. The first-order valence-corrected chi connectivity index (χ1v) is 6.61. The summed E-state index contributed by atoms with van der Waals surface area (Å²) in [6.45, 7) is 4.02. The van der Waals surface area contributed by atoms with E-state index in [0.717, 1.165) is 22.4 Å². The highest BCUT2D eigenvalue weighted by atomic mass is 35.5. The maximum Gasteiger partial charge on any atom is 0.146 e. The number of hydrogen-bond acceptors (Lipinski definition) is 1. The molecule has 0 radical (unpaired) electrons. The number of benzene rings is 2. The van der Waals surface area contributed by atoms with Crippen LogP contribution in [-0.4, -0.2) is 0 Å². The van der Waals surface area contributed by atoms with E-state index in [4.69, 9.17) is 27.9 Å². The van der Waals surface area contributed by atoms with Crippen LogP contribution in [0.5, 0.6) is 11.5 Å². The van der Waals surface area contributed by atoms with Gasteiger partial charge in [0.2, 0.25) is 0 Å². The van der Waals surface area contributed by atoms with Gasteiger partial charge in [0, 0.05) is 5.56 Å². The van der Waals surface area contributed by atoms with Gasteiger partial charge in [-0.3, -0.25) is 0 Å². The number of hydrogen-bond donors (Lipinski definition) is 0. The van der Waals surface area contributed by atoms with E-state index in [9.17, 15) is 0 Å². The molecule has 94 valence electrons. The van der Waals surface area contributed by atoms with Crippen molar-refractivity contribution in [1.82, 2.24) is 0 Å². The molecule has 0 amide bonds. The highest BCUT2D eigenvalue weighted by molar-refractivity contribution is 6.32. The zero-order chi connectivity index (χ0) is 13.1. The van der Waals surface area contributed by atoms with Gasteiger partial charge in [-0.1, -0.05) is 35.4 Å². The van der Waals surface area contributed by atoms with Crippen LogP contribution in [0.25, 0.3) is 0 Å². The molecule has 0 saturated heterocycles.